The molecule has 0 amide bonds. The summed E-state index contributed by atoms with van der Waals surface area (Å²) in [6.07, 6.45) is 0.702. The van der Waals surface area contributed by atoms with Crippen LogP contribution >= 0.6 is 0 Å². The predicted molar refractivity (Wildman–Crippen MR) is 77.0 cm³/mol. The van der Waals surface area contributed by atoms with Crippen molar-refractivity contribution in [2.24, 2.45) is 0 Å². The first-order valence-electron chi connectivity index (χ1n) is 6.37. The predicted octanol–water partition coefficient (Wildman–Crippen LogP) is 2.27. The quantitative estimate of drug-likeness (QED) is 0.852. The minimum absolute atomic E-state index is 0.202. The number of hydrogen-bond acceptors (Lipinski definition) is 3. The molecular formula is C15H17FN2O2. The monoisotopic (exact) mass is 276 g/mol. The highest BCUT2D eigenvalue weighted by molar-refractivity contribution is 5.61. The van der Waals surface area contributed by atoms with Crippen molar-refractivity contribution >= 4 is 5.69 Å². The summed E-state index contributed by atoms with van der Waals surface area (Å²) >= 11 is 0. The van der Waals surface area contributed by atoms with Crippen LogP contribution in [-0.4, -0.2) is 18.3 Å². The van der Waals surface area contributed by atoms with Gasteiger partial charge in [-0.2, -0.15) is 0 Å². The van der Waals surface area contributed by atoms with Gasteiger partial charge < -0.3 is 15.0 Å². The normalized spacial score (nSPS) is 10.7. The molecule has 0 saturated heterocycles. The number of nitrogens with two attached hydrogens (primary N) is 1. The molecule has 0 radical (unpaired) electrons. The van der Waals surface area contributed by atoms with Crippen molar-refractivity contribution in [2.45, 2.75) is 13.0 Å². The molecule has 2 N–H and O–H groups in total. The van der Waals surface area contributed by atoms with E-state index in [1.807, 2.05) is 0 Å². The summed E-state index contributed by atoms with van der Waals surface area (Å²) in [5.74, 6) is -0.308. The Morgan fingerprint density at radius 3 is 2.55 bits per heavy atom. The van der Waals surface area contributed by atoms with Gasteiger partial charge in [-0.05, 0) is 48.4 Å². The number of hydrogen-bond donors (Lipinski definition) is 1. The molecule has 0 aliphatic rings. The van der Waals surface area contributed by atoms with Crippen LogP contribution in [0.1, 0.15) is 6.42 Å². The van der Waals surface area contributed by atoms with Crippen LogP contribution in [0.15, 0.2) is 41.2 Å². The van der Waals surface area contributed by atoms with Crippen LogP contribution < -0.4 is 11.3 Å². The second-order valence-electron chi connectivity index (χ2n) is 4.48. The number of pyridine rings is 1. The number of nitrogens with zero attached hydrogens (tertiary/aromatic N) is 1. The molecule has 2 rings (SSSR count). The van der Waals surface area contributed by atoms with Crippen LogP contribution in [0.4, 0.5) is 10.1 Å². The first-order valence-corrected chi connectivity index (χ1v) is 6.37. The van der Waals surface area contributed by atoms with E-state index in [2.05, 4.69) is 0 Å². The van der Waals surface area contributed by atoms with Gasteiger partial charge in [-0.15, -0.1) is 0 Å². The Balaban J connectivity index is 2.43. The van der Waals surface area contributed by atoms with Gasteiger partial charge in [0.1, 0.15) is 5.82 Å². The highest BCUT2D eigenvalue weighted by Gasteiger charge is 2.09. The van der Waals surface area contributed by atoms with Crippen LogP contribution in [0, 0.1) is 5.82 Å². The molecule has 1 aromatic carbocycles. The maximum absolute atomic E-state index is 13.0. The lowest BCUT2D eigenvalue weighted by Gasteiger charge is -2.13. The fourth-order valence-corrected chi connectivity index (χ4v) is 2.06. The first-order chi connectivity index (χ1) is 9.63. The van der Waals surface area contributed by atoms with Crippen LogP contribution in [0.25, 0.3) is 11.3 Å². The third-order valence-electron chi connectivity index (χ3n) is 3.07. The lowest BCUT2D eigenvalue weighted by molar-refractivity contribution is 0.190. The zero-order valence-corrected chi connectivity index (χ0v) is 11.3. The molecule has 1 heterocycles. The Morgan fingerprint density at radius 2 is 1.90 bits per heavy atom. The summed E-state index contributed by atoms with van der Waals surface area (Å²) < 4.78 is 19.6. The maximum Gasteiger partial charge on any atom is 0.274 e. The topological polar surface area (TPSA) is 57.2 Å². The van der Waals surface area contributed by atoms with E-state index in [0.717, 1.165) is 11.3 Å². The summed E-state index contributed by atoms with van der Waals surface area (Å²) in [5.41, 5.74) is 7.14. The molecule has 0 saturated carbocycles. The van der Waals surface area contributed by atoms with E-state index in [1.165, 1.54) is 12.1 Å². The summed E-state index contributed by atoms with van der Waals surface area (Å²) in [7, 11) is 1.61. The van der Waals surface area contributed by atoms with Gasteiger partial charge >= 0.3 is 0 Å². The first kappa shape index (κ1) is 14.3. The average molecular weight is 276 g/mol. The zero-order valence-electron chi connectivity index (χ0n) is 11.3. The van der Waals surface area contributed by atoms with E-state index in [-0.39, 0.29) is 17.1 Å². The van der Waals surface area contributed by atoms with E-state index >= 15 is 0 Å². The van der Waals surface area contributed by atoms with Crippen molar-refractivity contribution in [3.63, 3.8) is 0 Å². The number of anilines is 1. The number of rotatable bonds is 5. The van der Waals surface area contributed by atoms with Gasteiger partial charge in [0, 0.05) is 20.3 Å². The minimum atomic E-state index is -0.308. The van der Waals surface area contributed by atoms with E-state index in [9.17, 15) is 9.18 Å². The molecule has 0 unspecified atom stereocenters. The smallest absolute Gasteiger partial charge is 0.274 e. The van der Waals surface area contributed by atoms with Crippen molar-refractivity contribution in [3.05, 3.63) is 52.6 Å². The molecule has 5 heteroatoms. The minimum Gasteiger partial charge on any atom is -0.394 e. The van der Waals surface area contributed by atoms with Crippen molar-refractivity contribution in [2.75, 3.05) is 19.5 Å². The molecule has 0 spiro atoms. The lowest BCUT2D eigenvalue weighted by Crippen LogP contribution is -2.24. The summed E-state index contributed by atoms with van der Waals surface area (Å²) in [6.45, 7) is 1.06. The van der Waals surface area contributed by atoms with Crippen LogP contribution in [0.3, 0.4) is 0 Å². The molecule has 20 heavy (non-hydrogen) atoms. The number of halogens is 1. The lowest BCUT2D eigenvalue weighted by atomic mass is 10.1. The molecule has 106 valence electrons. The van der Waals surface area contributed by atoms with Crippen molar-refractivity contribution < 1.29 is 9.13 Å². The largest absolute Gasteiger partial charge is 0.394 e. The highest BCUT2D eigenvalue weighted by atomic mass is 19.1. The molecule has 0 atom stereocenters. The van der Waals surface area contributed by atoms with E-state index in [0.29, 0.717) is 19.6 Å². The van der Waals surface area contributed by atoms with E-state index in [1.54, 1.807) is 35.9 Å². The summed E-state index contributed by atoms with van der Waals surface area (Å²) in [6, 6.07) is 9.39. The Bertz CT molecular complexity index is 635. The fraction of sp³-hybridized carbons (Fsp3) is 0.267. The maximum atomic E-state index is 13.0. The number of benzene rings is 1. The van der Waals surface area contributed by atoms with Gasteiger partial charge in [-0.1, -0.05) is 0 Å². The zero-order chi connectivity index (χ0) is 14.5. The fourth-order valence-electron chi connectivity index (χ4n) is 2.06. The number of aromatic nitrogens is 1. The molecule has 2 aromatic rings. The molecule has 4 nitrogen and oxygen atoms in total. The van der Waals surface area contributed by atoms with Gasteiger partial charge in [-0.25, -0.2) is 4.39 Å². The molecular weight excluding hydrogens is 259 g/mol. The van der Waals surface area contributed by atoms with Crippen molar-refractivity contribution in [1.82, 2.24) is 4.57 Å². The molecule has 1 aromatic heterocycles. The molecule has 0 bridgehead atoms. The highest BCUT2D eigenvalue weighted by Crippen LogP contribution is 2.19. The Kier molecular flexibility index (Phi) is 4.53. The van der Waals surface area contributed by atoms with E-state index < -0.39 is 0 Å². The van der Waals surface area contributed by atoms with Gasteiger partial charge in [-0.3, -0.25) is 4.79 Å². The second-order valence-corrected chi connectivity index (χ2v) is 4.48. The standard InChI is InChI=1S/C15H17FN2O2/c1-20-10-2-9-18-14(8-7-13(17)15(18)19)11-3-5-12(16)6-4-11/h3-8H,2,9-10,17H2,1H3. The van der Waals surface area contributed by atoms with Crippen LogP contribution in [0.2, 0.25) is 0 Å². The van der Waals surface area contributed by atoms with Gasteiger partial charge in [0.15, 0.2) is 0 Å². The molecule has 0 aliphatic carbocycles. The van der Waals surface area contributed by atoms with Gasteiger partial charge in [0.2, 0.25) is 0 Å². The van der Waals surface area contributed by atoms with Crippen molar-refractivity contribution in [3.8, 4) is 11.3 Å². The number of methoxy groups -OCH3 is 1. The second kappa shape index (κ2) is 6.34. The number of nitrogen functional groups attached to an aromatic ring is 1. The third kappa shape index (κ3) is 3.05. The SMILES string of the molecule is COCCCn1c(-c2ccc(F)cc2)ccc(N)c1=O. The van der Waals surface area contributed by atoms with Gasteiger partial charge in [0.25, 0.3) is 5.56 Å². The Labute approximate surface area is 116 Å². The van der Waals surface area contributed by atoms with Crippen molar-refractivity contribution in [1.29, 1.82) is 0 Å². The third-order valence-corrected chi connectivity index (χ3v) is 3.07. The van der Waals surface area contributed by atoms with Crippen LogP contribution in [0.5, 0.6) is 0 Å². The van der Waals surface area contributed by atoms with Gasteiger partial charge in [0.05, 0.1) is 11.4 Å². The molecule has 0 fully saturated rings. The van der Waals surface area contributed by atoms with E-state index in [4.69, 9.17) is 10.5 Å². The average Bonchev–Trinajstić information content (AvgIpc) is 2.45. The number of ether oxygens (including phenoxy) is 1. The van der Waals surface area contributed by atoms with Crippen LogP contribution in [-0.2, 0) is 11.3 Å². The molecule has 0 aliphatic heterocycles. The Hall–Kier alpha value is -2.14. The Morgan fingerprint density at radius 1 is 1.20 bits per heavy atom. The summed E-state index contributed by atoms with van der Waals surface area (Å²) in [4.78, 5) is 12.1. The summed E-state index contributed by atoms with van der Waals surface area (Å²) in [5, 5.41) is 0.